The van der Waals surface area contributed by atoms with Crippen LogP contribution in [0.2, 0.25) is 0 Å². The summed E-state index contributed by atoms with van der Waals surface area (Å²) in [4.78, 5) is 13.2. The Bertz CT molecular complexity index is 538. The first kappa shape index (κ1) is 14.6. The molecular formula is C12H12F3NO4. The van der Waals surface area contributed by atoms with Crippen LogP contribution in [0, 0.1) is 17.5 Å². The highest BCUT2D eigenvalue weighted by Crippen LogP contribution is 2.27. The Morgan fingerprint density at radius 2 is 2.10 bits per heavy atom. The molecule has 0 saturated carbocycles. The molecule has 0 aromatic heterocycles. The van der Waals surface area contributed by atoms with Crippen molar-refractivity contribution in [1.82, 2.24) is 4.90 Å². The highest BCUT2D eigenvalue weighted by molar-refractivity contribution is 5.95. The minimum Gasteiger partial charge on any atom is -0.503 e. The number of nitrogens with zero attached hydrogens (tertiary/aromatic N) is 1. The van der Waals surface area contributed by atoms with Crippen molar-refractivity contribution in [1.29, 1.82) is 0 Å². The molecule has 1 fully saturated rings. The first-order chi connectivity index (χ1) is 9.47. The lowest BCUT2D eigenvalue weighted by molar-refractivity contribution is -0.0186. The molecule has 20 heavy (non-hydrogen) atoms. The van der Waals surface area contributed by atoms with Gasteiger partial charge in [-0.1, -0.05) is 0 Å². The van der Waals surface area contributed by atoms with Crippen molar-refractivity contribution in [2.24, 2.45) is 0 Å². The van der Waals surface area contributed by atoms with E-state index in [0.29, 0.717) is 6.07 Å². The second kappa shape index (κ2) is 5.68. The van der Waals surface area contributed by atoms with Crippen LogP contribution >= 0.6 is 0 Å². The summed E-state index contributed by atoms with van der Waals surface area (Å²) in [5, 5.41) is 18.2. The second-order valence-electron chi connectivity index (χ2n) is 4.29. The highest BCUT2D eigenvalue weighted by Gasteiger charge is 2.31. The fraction of sp³-hybridized carbons (Fsp3) is 0.417. The lowest BCUT2D eigenvalue weighted by Gasteiger charge is -2.34. The average Bonchev–Trinajstić information content (AvgIpc) is 2.48. The molecule has 0 bridgehead atoms. The van der Waals surface area contributed by atoms with Gasteiger partial charge in [0.1, 0.15) is 0 Å². The third kappa shape index (κ3) is 2.44. The van der Waals surface area contributed by atoms with E-state index < -0.39 is 47.3 Å². The van der Waals surface area contributed by atoms with E-state index >= 15 is 0 Å². The Balaban J connectivity index is 2.38. The highest BCUT2D eigenvalue weighted by atomic mass is 19.2. The van der Waals surface area contributed by atoms with Crippen molar-refractivity contribution in [2.45, 2.75) is 6.04 Å². The lowest BCUT2D eigenvalue weighted by Crippen LogP contribution is -2.50. The van der Waals surface area contributed by atoms with Crippen molar-refractivity contribution in [2.75, 3.05) is 26.4 Å². The van der Waals surface area contributed by atoms with Gasteiger partial charge in [0.15, 0.2) is 17.4 Å². The third-order valence-corrected chi connectivity index (χ3v) is 3.06. The molecule has 1 aliphatic rings. The number of amides is 1. The maximum absolute atomic E-state index is 13.7. The Hall–Kier alpha value is -1.80. The summed E-state index contributed by atoms with van der Waals surface area (Å²) in [6.07, 6.45) is 0. The molecule has 0 radical (unpaired) electrons. The number of aromatic hydroxyl groups is 1. The van der Waals surface area contributed by atoms with E-state index in [1.54, 1.807) is 0 Å². The maximum Gasteiger partial charge on any atom is 0.257 e. The summed E-state index contributed by atoms with van der Waals surface area (Å²) >= 11 is 0. The number of halogens is 3. The van der Waals surface area contributed by atoms with E-state index in [9.17, 15) is 18.0 Å². The van der Waals surface area contributed by atoms with Crippen molar-refractivity contribution >= 4 is 5.91 Å². The van der Waals surface area contributed by atoms with Gasteiger partial charge in [0.2, 0.25) is 5.82 Å². The summed E-state index contributed by atoms with van der Waals surface area (Å²) in [6.45, 7) is -0.106. The number of ether oxygens (including phenoxy) is 1. The topological polar surface area (TPSA) is 70.0 Å². The maximum atomic E-state index is 13.7. The number of phenols is 1. The van der Waals surface area contributed by atoms with Crippen LogP contribution in [0.1, 0.15) is 10.4 Å². The Morgan fingerprint density at radius 1 is 1.40 bits per heavy atom. The van der Waals surface area contributed by atoms with Gasteiger partial charge < -0.3 is 19.8 Å². The molecule has 2 rings (SSSR count). The normalized spacial score (nSPS) is 19.2. The zero-order chi connectivity index (χ0) is 14.9. The molecule has 1 saturated heterocycles. The first-order valence-corrected chi connectivity index (χ1v) is 5.83. The Kier molecular flexibility index (Phi) is 4.15. The SMILES string of the molecule is O=C(c1cc(F)c(F)c(O)c1F)N1CCOCC1CO. The van der Waals surface area contributed by atoms with E-state index in [2.05, 4.69) is 0 Å². The monoisotopic (exact) mass is 291 g/mol. The van der Waals surface area contributed by atoms with Gasteiger partial charge in [0, 0.05) is 6.54 Å². The van der Waals surface area contributed by atoms with Gasteiger partial charge in [-0.25, -0.2) is 8.78 Å². The largest absolute Gasteiger partial charge is 0.503 e. The average molecular weight is 291 g/mol. The quantitative estimate of drug-likeness (QED) is 0.785. The number of aliphatic hydroxyl groups is 1. The fourth-order valence-electron chi connectivity index (χ4n) is 1.97. The smallest absolute Gasteiger partial charge is 0.257 e. The molecule has 1 unspecified atom stereocenters. The Labute approximate surface area is 112 Å². The van der Waals surface area contributed by atoms with Crippen LogP contribution in [0.5, 0.6) is 5.75 Å². The molecular weight excluding hydrogens is 279 g/mol. The minimum absolute atomic E-state index is 0.0551. The standard InChI is InChI=1S/C12H12F3NO4/c13-8-3-7(9(14)11(18)10(8)15)12(19)16-1-2-20-5-6(16)4-17/h3,6,17-18H,1-2,4-5H2. The molecule has 1 aromatic rings. The van der Waals surface area contributed by atoms with E-state index in [-0.39, 0.29) is 19.8 Å². The van der Waals surface area contributed by atoms with E-state index in [0.717, 1.165) is 4.90 Å². The van der Waals surface area contributed by atoms with Crippen LogP contribution in [0.15, 0.2) is 6.07 Å². The van der Waals surface area contributed by atoms with Gasteiger partial charge in [-0.15, -0.1) is 0 Å². The number of morpholine rings is 1. The molecule has 1 aromatic carbocycles. The minimum atomic E-state index is -1.75. The molecule has 0 aliphatic carbocycles. The zero-order valence-electron chi connectivity index (χ0n) is 10.3. The fourth-order valence-corrected chi connectivity index (χ4v) is 1.97. The van der Waals surface area contributed by atoms with Crippen LogP contribution in [0.25, 0.3) is 0 Å². The second-order valence-corrected chi connectivity index (χ2v) is 4.29. The molecule has 1 heterocycles. The van der Waals surface area contributed by atoms with Crippen molar-refractivity contribution in [3.05, 3.63) is 29.1 Å². The molecule has 2 N–H and O–H groups in total. The van der Waals surface area contributed by atoms with E-state index in [1.165, 1.54) is 0 Å². The number of carbonyl (C=O) groups is 1. The lowest BCUT2D eigenvalue weighted by atomic mass is 10.1. The number of phenolic OH excluding ortho intramolecular Hbond substituents is 1. The number of aliphatic hydroxyl groups excluding tert-OH is 1. The predicted octanol–water partition coefficient (Wildman–Crippen LogP) is 0.643. The number of carbonyl (C=O) groups excluding carboxylic acids is 1. The molecule has 1 amide bonds. The van der Waals surface area contributed by atoms with Crippen molar-refractivity contribution in [3.8, 4) is 5.75 Å². The molecule has 1 atom stereocenters. The summed E-state index contributed by atoms with van der Waals surface area (Å²) < 4.78 is 44.9. The molecule has 110 valence electrons. The summed E-state index contributed by atoms with van der Waals surface area (Å²) in [7, 11) is 0. The summed E-state index contributed by atoms with van der Waals surface area (Å²) in [5.74, 6) is -7.29. The number of benzene rings is 1. The van der Waals surface area contributed by atoms with Gasteiger partial charge in [0.05, 0.1) is 31.4 Å². The van der Waals surface area contributed by atoms with Gasteiger partial charge in [-0.3, -0.25) is 4.79 Å². The first-order valence-electron chi connectivity index (χ1n) is 5.83. The van der Waals surface area contributed by atoms with E-state index in [4.69, 9.17) is 14.9 Å². The molecule has 1 aliphatic heterocycles. The van der Waals surface area contributed by atoms with Crippen molar-refractivity contribution in [3.63, 3.8) is 0 Å². The Morgan fingerprint density at radius 3 is 2.75 bits per heavy atom. The van der Waals surface area contributed by atoms with Crippen LogP contribution in [-0.4, -0.2) is 53.4 Å². The summed E-state index contributed by atoms with van der Waals surface area (Å²) in [6, 6.07) is -0.317. The summed E-state index contributed by atoms with van der Waals surface area (Å²) in [5.41, 5.74) is -0.790. The van der Waals surface area contributed by atoms with Crippen LogP contribution in [0.3, 0.4) is 0 Å². The molecule has 8 heteroatoms. The van der Waals surface area contributed by atoms with Crippen LogP contribution in [0.4, 0.5) is 13.2 Å². The van der Waals surface area contributed by atoms with Gasteiger partial charge >= 0.3 is 0 Å². The van der Waals surface area contributed by atoms with Gasteiger partial charge in [-0.2, -0.15) is 4.39 Å². The third-order valence-electron chi connectivity index (χ3n) is 3.06. The van der Waals surface area contributed by atoms with Crippen LogP contribution in [-0.2, 0) is 4.74 Å². The van der Waals surface area contributed by atoms with Gasteiger partial charge in [-0.05, 0) is 6.07 Å². The van der Waals surface area contributed by atoms with Gasteiger partial charge in [0.25, 0.3) is 5.91 Å². The zero-order valence-corrected chi connectivity index (χ0v) is 10.3. The van der Waals surface area contributed by atoms with Crippen molar-refractivity contribution < 1.29 is 32.9 Å². The number of hydrogen-bond donors (Lipinski definition) is 2. The number of hydrogen-bond acceptors (Lipinski definition) is 4. The predicted molar refractivity (Wildman–Crippen MR) is 60.7 cm³/mol. The molecule has 0 spiro atoms. The molecule has 5 nitrogen and oxygen atoms in total. The van der Waals surface area contributed by atoms with Crippen LogP contribution < -0.4 is 0 Å². The number of rotatable bonds is 2. The van der Waals surface area contributed by atoms with E-state index in [1.807, 2.05) is 0 Å².